The van der Waals surface area contributed by atoms with Crippen LogP contribution >= 0.6 is 0 Å². The lowest BCUT2D eigenvalue weighted by atomic mass is 9.80. The minimum Gasteiger partial charge on any atom is -0.451 e. The van der Waals surface area contributed by atoms with Gasteiger partial charge in [0.25, 0.3) is 10.0 Å². The average Bonchev–Trinajstić information content (AvgIpc) is 3.23. The zero-order valence-corrected chi connectivity index (χ0v) is 17.7. The lowest BCUT2D eigenvalue weighted by molar-refractivity contribution is 0.0678. The summed E-state index contributed by atoms with van der Waals surface area (Å²) in [7, 11) is -4.11. The van der Waals surface area contributed by atoms with Crippen LogP contribution in [0.1, 0.15) is 36.2 Å². The van der Waals surface area contributed by atoms with E-state index in [1.165, 1.54) is 29.7 Å². The summed E-state index contributed by atoms with van der Waals surface area (Å²) < 4.78 is 48.0. The number of pyridine rings is 1. The Labute approximate surface area is 183 Å². The van der Waals surface area contributed by atoms with Crippen LogP contribution in [0.2, 0.25) is 0 Å². The summed E-state index contributed by atoms with van der Waals surface area (Å²) in [5.41, 5.74) is 1.69. The van der Waals surface area contributed by atoms with Crippen LogP contribution in [0.15, 0.2) is 45.8 Å². The highest BCUT2D eigenvalue weighted by molar-refractivity contribution is 7.92. The highest BCUT2D eigenvalue weighted by Crippen LogP contribution is 2.40. The molecule has 1 aromatic carbocycles. The second kappa shape index (κ2) is 7.75. The molecule has 0 radical (unpaired) electrons. The summed E-state index contributed by atoms with van der Waals surface area (Å²) in [4.78, 5) is 17.7. The fraction of sp³-hybridized carbons (Fsp3) is 0.333. The number of nitrogens with one attached hydrogen (secondary N) is 2. The molecule has 3 aromatic rings. The third-order valence-electron chi connectivity index (χ3n) is 6.19. The number of furan rings is 1. The van der Waals surface area contributed by atoms with Crippen LogP contribution in [-0.2, 0) is 10.0 Å². The Kier molecular flexibility index (Phi) is 5.01. The van der Waals surface area contributed by atoms with Crippen LogP contribution < -0.4 is 15.1 Å². The Bertz CT molecular complexity index is 1300. The van der Waals surface area contributed by atoms with Gasteiger partial charge < -0.3 is 9.32 Å². The molecule has 0 unspecified atom stereocenters. The van der Waals surface area contributed by atoms with Gasteiger partial charge in [0.2, 0.25) is 0 Å². The molecular formula is C21H21FN4O5S. The summed E-state index contributed by atoms with van der Waals surface area (Å²) >= 11 is 0. The number of nitrogens with zero attached hydrogens (tertiary/aromatic N) is 2. The quantitative estimate of drug-likeness (QED) is 0.394. The van der Waals surface area contributed by atoms with Crippen molar-refractivity contribution in [1.82, 2.24) is 10.5 Å². The first-order chi connectivity index (χ1) is 15.3. The van der Waals surface area contributed by atoms with E-state index in [1.54, 1.807) is 0 Å². The Morgan fingerprint density at radius 3 is 2.66 bits per heavy atom. The number of halogens is 1. The third kappa shape index (κ3) is 3.67. The summed E-state index contributed by atoms with van der Waals surface area (Å²) in [6.45, 7) is 0.770. The maximum Gasteiger partial charge on any atom is 0.310 e. The van der Waals surface area contributed by atoms with Gasteiger partial charge in [0.15, 0.2) is 11.6 Å². The van der Waals surface area contributed by atoms with Crippen LogP contribution in [0.25, 0.3) is 11.0 Å². The van der Waals surface area contributed by atoms with Crippen molar-refractivity contribution in [3.05, 3.63) is 48.1 Å². The normalized spacial score (nSPS) is 20.5. The number of piperidine rings is 2. The van der Waals surface area contributed by atoms with Crippen molar-refractivity contribution in [3.63, 3.8) is 0 Å². The first-order valence-corrected chi connectivity index (χ1v) is 11.8. The van der Waals surface area contributed by atoms with Crippen LogP contribution in [0.4, 0.5) is 15.9 Å². The van der Waals surface area contributed by atoms with E-state index in [4.69, 9.17) is 9.62 Å². The highest BCUT2D eigenvalue weighted by Gasteiger charge is 2.36. The number of rotatable bonds is 5. The lowest BCUT2D eigenvalue weighted by Gasteiger charge is -2.46. The Hall–Kier alpha value is -3.18. The van der Waals surface area contributed by atoms with Gasteiger partial charge >= 0.3 is 5.91 Å². The van der Waals surface area contributed by atoms with Crippen LogP contribution in [0, 0.1) is 11.7 Å². The topological polar surface area (TPSA) is 125 Å². The maximum atomic E-state index is 14.0. The molecule has 1 aliphatic carbocycles. The molecule has 9 nitrogen and oxygen atoms in total. The van der Waals surface area contributed by atoms with Crippen molar-refractivity contribution in [2.75, 3.05) is 16.2 Å². The molecule has 2 bridgehead atoms. The van der Waals surface area contributed by atoms with Crippen molar-refractivity contribution in [3.8, 4) is 0 Å². The number of amides is 1. The van der Waals surface area contributed by atoms with Crippen molar-refractivity contribution in [1.29, 1.82) is 0 Å². The Morgan fingerprint density at radius 1 is 1.19 bits per heavy atom. The summed E-state index contributed by atoms with van der Waals surface area (Å²) in [5, 5.41) is 9.24. The summed E-state index contributed by atoms with van der Waals surface area (Å²) in [6.07, 6.45) is 5.40. The molecule has 2 aromatic heterocycles. The molecule has 32 heavy (non-hydrogen) atoms. The standard InChI is InChI=1S/C21H21FN4O5S/c22-14-8-17(20(23-10-14)26-11-12-1-4-15(26)5-2-12)25-32(29,30)16-6-3-13-7-19(21(27)24-28)31-18(13)9-16/h3,6-10,12,15,25,28H,1-2,4-5,11H2,(H,24,27). The highest BCUT2D eigenvalue weighted by atomic mass is 32.2. The maximum absolute atomic E-state index is 14.0. The van der Waals surface area contributed by atoms with Gasteiger partial charge in [-0.25, -0.2) is 23.3 Å². The largest absolute Gasteiger partial charge is 0.451 e. The summed E-state index contributed by atoms with van der Waals surface area (Å²) in [5.74, 6) is -0.708. The SMILES string of the molecule is O=C(NO)c1cc2ccc(S(=O)(=O)Nc3cc(F)cnc3N3CC4CCC3CC4)cc2o1. The molecule has 11 heteroatoms. The third-order valence-corrected chi connectivity index (χ3v) is 7.55. The number of hydrogen-bond donors (Lipinski definition) is 3. The lowest BCUT2D eigenvalue weighted by Crippen LogP contribution is -2.48. The number of sulfonamides is 1. The van der Waals surface area contributed by atoms with E-state index < -0.39 is 21.7 Å². The van der Waals surface area contributed by atoms with E-state index in [0.29, 0.717) is 17.1 Å². The summed E-state index contributed by atoms with van der Waals surface area (Å²) in [6, 6.07) is 6.88. The zero-order chi connectivity index (χ0) is 22.5. The van der Waals surface area contributed by atoms with Gasteiger partial charge in [-0.05, 0) is 49.8 Å². The van der Waals surface area contributed by atoms with Crippen molar-refractivity contribution >= 4 is 38.4 Å². The number of carbonyl (C=O) groups excluding carboxylic acids is 1. The number of aromatic nitrogens is 1. The van der Waals surface area contributed by atoms with Gasteiger partial charge in [0.1, 0.15) is 11.4 Å². The first-order valence-electron chi connectivity index (χ1n) is 10.3. The Balaban J connectivity index is 1.48. The van der Waals surface area contributed by atoms with Gasteiger partial charge in [-0.1, -0.05) is 0 Å². The smallest absolute Gasteiger partial charge is 0.310 e. The van der Waals surface area contributed by atoms with Gasteiger partial charge in [-0.2, -0.15) is 0 Å². The van der Waals surface area contributed by atoms with E-state index in [2.05, 4.69) is 14.6 Å². The molecule has 1 amide bonds. The minimum atomic E-state index is -4.11. The molecule has 3 fully saturated rings. The van der Waals surface area contributed by atoms with Crippen molar-refractivity contribution in [2.45, 2.75) is 36.6 Å². The van der Waals surface area contributed by atoms with Crippen LogP contribution in [0.5, 0.6) is 0 Å². The fourth-order valence-corrected chi connectivity index (χ4v) is 5.68. The molecule has 2 saturated heterocycles. The predicted octanol–water partition coefficient (Wildman–Crippen LogP) is 3.27. The fourth-order valence-electron chi connectivity index (χ4n) is 4.61. The van der Waals surface area contributed by atoms with Gasteiger partial charge in [0.05, 0.1) is 16.8 Å². The molecule has 3 aliphatic rings. The number of anilines is 2. The first kappa shape index (κ1) is 20.7. The van der Waals surface area contributed by atoms with Gasteiger partial charge in [0, 0.05) is 30.1 Å². The molecule has 168 valence electrons. The van der Waals surface area contributed by atoms with Crippen LogP contribution in [-0.4, -0.2) is 37.1 Å². The molecule has 1 saturated carbocycles. The van der Waals surface area contributed by atoms with E-state index in [-0.39, 0.29) is 28.0 Å². The molecule has 2 aliphatic heterocycles. The minimum absolute atomic E-state index is 0.0810. The second-order valence-electron chi connectivity index (χ2n) is 8.21. The monoisotopic (exact) mass is 460 g/mol. The van der Waals surface area contributed by atoms with Crippen molar-refractivity contribution < 1.29 is 27.2 Å². The van der Waals surface area contributed by atoms with E-state index in [0.717, 1.165) is 44.5 Å². The van der Waals surface area contributed by atoms with E-state index in [1.807, 2.05) is 0 Å². The molecule has 0 atom stereocenters. The molecular weight excluding hydrogens is 439 g/mol. The predicted molar refractivity (Wildman–Crippen MR) is 114 cm³/mol. The van der Waals surface area contributed by atoms with Crippen LogP contribution in [0.3, 0.4) is 0 Å². The van der Waals surface area contributed by atoms with E-state index in [9.17, 15) is 17.6 Å². The molecule has 3 N–H and O–H groups in total. The number of fused-ring (bicyclic) bond motifs is 4. The number of benzene rings is 1. The van der Waals surface area contributed by atoms with E-state index >= 15 is 0 Å². The van der Waals surface area contributed by atoms with Gasteiger partial charge in [-0.15, -0.1) is 0 Å². The Morgan fingerprint density at radius 2 is 1.97 bits per heavy atom. The molecule has 0 spiro atoms. The number of hydrogen-bond acceptors (Lipinski definition) is 7. The average molecular weight is 460 g/mol. The molecule has 4 heterocycles. The zero-order valence-electron chi connectivity index (χ0n) is 16.9. The van der Waals surface area contributed by atoms with Gasteiger partial charge in [-0.3, -0.25) is 14.7 Å². The number of hydroxylamine groups is 1. The number of carbonyl (C=O) groups is 1. The molecule has 6 rings (SSSR count). The second-order valence-corrected chi connectivity index (χ2v) is 9.89. The van der Waals surface area contributed by atoms with Crippen molar-refractivity contribution in [2.24, 2.45) is 5.92 Å².